The first-order chi connectivity index (χ1) is 12.6. The van der Waals surface area contributed by atoms with Gasteiger partial charge in [-0.25, -0.2) is 0 Å². The van der Waals surface area contributed by atoms with Crippen LogP contribution in [0.4, 0.5) is 11.5 Å². The van der Waals surface area contributed by atoms with Crippen molar-refractivity contribution < 1.29 is 0 Å². The van der Waals surface area contributed by atoms with Crippen LogP contribution < -0.4 is 4.90 Å². The number of aryl methyl sites for hydroxylation is 1. The summed E-state index contributed by atoms with van der Waals surface area (Å²) >= 11 is 12.6. The molecule has 2 heterocycles. The van der Waals surface area contributed by atoms with Gasteiger partial charge in [-0.15, -0.1) is 0 Å². The van der Waals surface area contributed by atoms with E-state index in [-0.39, 0.29) is 0 Å². The average Bonchev–Trinajstić information content (AvgIpc) is 2.95. The minimum Gasteiger partial charge on any atom is -0.323 e. The zero-order chi connectivity index (χ0) is 18.7. The van der Waals surface area contributed by atoms with Gasteiger partial charge in [0.2, 0.25) is 0 Å². The maximum absolute atomic E-state index is 6.48. The van der Waals surface area contributed by atoms with Crippen LogP contribution in [0.3, 0.4) is 0 Å². The molecule has 0 N–H and O–H groups in total. The number of fused-ring (bicyclic) bond motifs is 1. The fourth-order valence-corrected chi connectivity index (χ4v) is 4.27. The Morgan fingerprint density at radius 2 is 2.04 bits per heavy atom. The molecule has 5 heteroatoms. The number of aromatic nitrogens is 2. The minimum absolute atomic E-state index is 0.658. The van der Waals surface area contributed by atoms with Gasteiger partial charge < -0.3 is 4.90 Å². The number of halogens is 2. The minimum atomic E-state index is 0.658. The lowest BCUT2D eigenvalue weighted by Gasteiger charge is -2.28. The summed E-state index contributed by atoms with van der Waals surface area (Å²) in [5.74, 6) is 1.04. The summed E-state index contributed by atoms with van der Waals surface area (Å²) in [6, 6.07) is 5.69. The van der Waals surface area contributed by atoms with Crippen molar-refractivity contribution in [3.8, 4) is 0 Å². The molecule has 26 heavy (non-hydrogen) atoms. The van der Waals surface area contributed by atoms with E-state index >= 15 is 0 Å². The molecule has 1 aromatic heterocycles. The van der Waals surface area contributed by atoms with E-state index in [1.54, 1.807) is 6.07 Å². The number of allylic oxidation sites excluding steroid dienone is 2. The van der Waals surface area contributed by atoms with Crippen molar-refractivity contribution in [1.82, 2.24) is 9.78 Å². The second kappa shape index (κ2) is 8.49. The molecule has 3 nitrogen and oxygen atoms in total. The van der Waals surface area contributed by atoms with Crippen molar-refractivity contribution in [3.05, 3.63) is 45.6 Å². The van der Waals surface area contributed by atoms with Gasteiger partial charge in [-0.2, -0.15) is 5.10 Å². The van der Waals surface area contributed by atoms with Crippen molar-refractivity contribution in [2.45, 2.75) is 52.4 Å². The second-order valence-electron chi connectivity index (χ2n) is 6.89. The third-order valence-electron chi connectivity index (χ3n) is 4.89. The highest BCUT2D eigenvalue weighted by molar-refractivity contribution is 6.36. The van der Waals surface area contributed by atoms with Gasteiger partial charge in [0.1, 0.15) is 0 Å². The summed E-state index contributed by atoms with van der Waals surface area (Å²) in [4.78, 5) is 2.24. The van der Waals surface area contributed by atoms with Gasteiger partial charge in [0.25, 0.3) is 0 Å². The highest BCUT2D eigenvalue weighted by atomic mass is 35.5. The fourth-order valence-electron chi connectivity index (χ4n) is 3.76. The number of benzene rings is 1. The monoisotopic (exact) mass is 391 g/mol. The number of unbranched alkanes of at least 4 members (excludes halogenated alkanes) is 1. The summed E-state index contributed by atoms with van der Waals surface area (Å²) in [6.07, 6.45) is 9.07. The van der Waals surface area contributed by atoms with Crippen LogP contribution in [0, 0.1) is 0 Å². The van der Waals surface area contributed by atoms with E-state index in [0.29, 0.717) is 10.0 Å². The number of anilines is 2. The maximum Gasteiger partial charge on any atom is 0.158 e. The van der Waals surface area contributed by atoms with Gasteiger partial charge in [-0.3, -0.25) is 4.68 Å². The van der Waals surface area contributed by atoms with Crippen molar-refractivity contribution in [2.24, 2.45) is 7.05 Å². The van der Waals surface area contributed by atoms with Crippen molar-refractivity contribution >= 4 is 40.3 Å². The summed E-state index contributed by atoms with van der Waals surface area (Å²) in [6.45, 7) is 5.39. The zero-order valence-electron chi connectivity index (χ0n) is 15.9. The summed E-state index contributed by atoms with van der Waals surface area (Å²) in [5, 5.41) is 6.23. The van der Waals surface area contributed by atoms with Crippen LogP contribution in [0.25, 0.3) is 5.57 Å². The Bertz CT molecular complexity index is 808. The van der Waals surface area contributed by atoms with Crippen LogP contribution in [0.1, 0.15) is 57.2 Å². The molecule has 1 aliphatic rings. The molecule has 1 aromatic carbocycles. The quantitative estimate of drug-likeness (QED) is 0.539. The predicted octanol–water partition coefficient (Wildman–Crippen LogP) is 6.79. The lowest BCUT2D eigenvalue weighted by Crippen LogP contribution is -2.25. The van der Waals surface area contributed by atoms with Crippen LogP contribution in [0.5, 0.6) is 0 Å². The molecule has 0 atom stereocenters. The first-order valence-corrected chi connectivity index (χ1v) is 10.3. The van der Waals surface area contributed by atoms with Crippen LogP contribution >= 0.6 is 23.2 Å². The highest BCUT2D eigenvalue weighted by Crippen LogP contribution is 2.40. The molecular weight excluding hydrogens is 365 g/mol. The van der Waals surface area contributed by atoms with Crippen LogP contribution in [-0.2, 0) is 13.5 Å². The van der Waals surface area contributed by atoms with Crippen LogP contribution in [0.15, 0.2) is 24.3 Å². The summed E-state index contributed by atoms with van der Waals surface area (Å²) < 4.78 is 2.06. The van der Waals surface area contributed by atoms with Crippen LogP contribution in [0.2, 0.25) is 10.0 Å². The van der Waals surface area contributed by atoms with E-state index in [1.165, 1.54) is 23.3 Å². The van der Waals surface area contributed by atoms with Crippen molar-refractivity contribution in [2.75, 3.05) is 11.4 Å². The van der Waals surface area contributed by atoms with Gasteiger partial charge in [-0.05, 0) is 49.5 Å². The second-order valence-corrected chi connectivity index (χ2v) is 7.74. The zero-order valence-corrected chi connectivity index (χ0v) is 17.4. The Kier molecular flexibility index (Phi) is 6.31. The van der Waals surface area contributed by atoms with Crippen molar-refractivity contribution in [1.29, 1.82) is 0 Å². The number of nitrogens with zero attached hydrogens (tertiary/aromatic N) is 3. The summed E-state index contributed by atoms with van der Waals surface area (Å²) in [5.41, 5.74) is 5.05. The van der Waals surface area contributed by atoms with Gasteiger partial charge >= 0.3 is 0 Å². The maximum atomic E-state index is 6.48. The average molecular weight is 392 g/mol. The Morgan fingerprint density at radius 3 is 2.73 bits per heavy atom. The van der Waals surface area contributed by atoms with Gasteiger partial charge in [-0.1, -0.05) is 56.0 Å². The first-order valence-electron chi connectivity index (χ1n) is 9.54. The molecule has 0 bridgehead atoms. The Labute approximate surface area is 166 Å². The normalized spacial score (nSPS) is 14.7. The fraction of sp³-hybridized carbons (Fsp3) is 0.476. The lowest BCUT2D eigenvalue weighted by molar-refractivity contribution is 0.737. The van der Waals surface area contributed by atoms with Crippen molar-refractivity contribution in [3.63, 3.8) is 0 Å². The topological polar surface area (TPSA) is 21.1 Å². The molecule has 3 rings (SSSR count). The van der Waals surface area contributed by atoms with Gasteiger partial charge in [0.05, 0.1) is 16.4 Å². The first kappa shape index (κ1) is 19.3. The predicted molar refractivity (Wildman–Crippen MR) is 113 cm³/mol. The van der Waals surface area contributed by atoms with Gasteiger partial charge in [0, 0.05) is 24.2 Å². The molecule has 0 saturated heterocycles. The Balaban J connectivity index is 2.07. The summed E-state index contributed by atoms with van der Waals surface area (Å²) in [7, 11) is 2.06. The Morgan fingerprint density at radius 1 is 1.23 bits per heavy atom. The molecule has 140 valence electrons. The third kappa shape index (κ3) is 3.79. The van der Waals surface area contributed by atoms with E-state index in [2.05, 4.69) is 36.6 Å². The molecule has 0 fully saturated rings. The molecule has 0 spiro atoms. The standard InChI is InChI=1S/C21H27Cl2N3/c1-4-6-9-15(8-5-2)20-17-10-7-13-26(21(17)24-25(20)3)19-12-11-16(22)14-18(19)23/h9,11-12,14H,4-8,10,13H2,1-3H3/b15-9-. The smallest absolute Gasteiger partial charge is 0.158 e. The number of hydrogen-bond donors (Lipinski definition) is 0. The molecule has 1 aliphatic heterocycles. The molecule has 0 aliphatic carbocycles. The van der Waals surface area contributed by atoms with E-state index in [0.717, 1.165) is 50.2 Å². The molecule has 0 radical (unpaired) electrons. The third-order valence-corrected chi connectivity index (χ3v) is 5.43. The van der Waals surface area contributed by atoms with Crippen LogP contribution in [-0.4, -0.2) is 16.3 Å². The Hall–Kier alpha value is -1.45. The van der Waals surface area contributed by atoms with Gasteiger partial charge in [0.15, 0.2) is 5.82 Å². The number of rotatable bonds is 6. The van der Waals surface area contributed by atoms with E-state index in [4.69, 9.17) is 28.3 Å². The molecule has 2 aromatic rings. The highest BCUT2D eigenvalue weighted by Gasteiger charge is 2.28. The SMILES string of the molecule is CCC/C=C(/CCC)c1c2c(nn1C)N(c1ccc(Cl)cc1Cl)CCC2. The lowest BCUT2D eigenvalue weighted by atomic mass is 9.96. The van der Waals surface area contributed by atoms with E-state index < -0.39 is 0 Å². The molecular formula is C21H27Cl2N3. The number of hydrogen-bond acceptors (Lipinski definition) is 2. The molecule has 0 saturated carbocycles. The van der Waals surface area contributed by atoms with E-state index in [9.17, 15) is 0 Å². The molecule has 0 amide bonds. The largest absolute Gasteiger partial charge is 0.323 e. The van der Waals surface area contributed by atoms with E-state index in [1.807, 2.05) is 12.1 Å². The molecule has 0 unspecified atom stereocenters.